The van der Waals surface area contributed by atoms with Crippen molar-refractivity contribution < 1.29 is 0 Å². The van der Waals surface area contributed by atoms with Gasteiger partial charge >= 0.3 is 0 Å². The van der Waals surface area contributed by atoms with Crippen molar-refractivity contribution in [3.63, 3.8) is 0 Å². The monoisotopic (exact) mass is 566 g/mol. The predicted molar refractivity (Wildman–Crippen MR) is 186 cm³/mol. The molecule has 2 atom stereocenters. The first-order valence-electron chi connectivity index (χ1n) is 16.0. The average Bonchev–Trinajstić information content (AvgIpc) is 3.61. The second-order valence-electron chi connectivity index (χ2n) is 12.3. The second kappa shape index (κ2) is 10.3. The SMILES string of the molecule is C1=CC(n2c3ccccc3c3cc(-c4ccc(C5=CC6C7=C(C=CCC7)N(c7ccccc7)C6C=C5)cc4)ccc32)=CCC1. The fourth-order valence-corrected chi connectivity index (χ4v) is 7.77. The summed E-state index contributed by atoms with van der Waals surface area (Å²) >= 11 is 0. The van der Waals surface area contributed by atoms with Gasteiger partial charge in [-0.25, -0.2) is 0 Å². The van der Waals surface area contributed by atoms with E-state index in [1.54, 1.807) is 5.57 Å². The molecule has 0 spiro atoms. The number of allylic oxidation sites excluding steroid dienone is 8. The third-order valence-corrected chi connectivity index (χ3v) is 9.84. The fraction of sp³-hybridized carbons (Fsp3) is 0.143. The van der Waals surface area contributed by atoms with Crippen LogP contribution in [0, 0.1) is 5.92 Å². The van der Waals surface area contributed by atoms with Gasteiger partial charge in [-0.15, -0.1) is 0 Å². The Kier molecular flexibility index (Phi) is 5.94. The Hall–Kier alpha value is -5.08. The summed E-state index contributed by atoms with van der Waals surface area (Å²) in [6.45, 7) is 0. The zero-order valence-electron chi connectivity index (χ0n) is 24.7. The minimum Gasteiger partial charge on any atom is -0.334 e. The molecule has 2 heteroatoms. The van der Waals surface area contributed by atoms with Crippen molar-refractivity contribution in [2.24, 2.45) is 5.92 Å². The summed E-state index contributed by atoms with van der Waals surface area (Å²) in [5.41, 5.74) is 13.2. The molecule has 0 fully saturated rings. The van der Waals surface area contributed by atoms with Gasteiger partial charge in [0, 0.05) is 33.8 Å². The summed E-state index contributed by atoms with van der Waals surface area (Å²) in [6.07, 6.45) is 23.4. The minimum atomic E-state index is 0.335. The van der Waals surface area contributed by atoms with E-state index >= 15 is 0 Å². The summed E-state index contributed by atoms with van der Waals surface area (Å²) in [7, 11) is 0. The molecule has 4 aromatic carbocycles. The van der Waals surface area contributed by atoms with Crippen molar-refractivity contribution in [1.82, 2.24) is 4.57 Å². The van der Waals surface area contributed by atoms with E-state index in [0.717, 1.165) is 25.7 Å². The first-order chi connectivity index (χ1) is 21.8. The molecule has 1 aliphatic heterocycles. The van der Waals surface area contributed by atoms with E-state index < -0.39 is 0 Å². The van der Waals surface area contributed by atoms with Crippen LogP contribution in [0.1, 0.15) is 31.2 Å². The molecule has 44 heavy (non-hydrogen) atoms. The van der Waals surface area contributed by atoms with Crippen molar-refractivity contribution in [2.75, 3.05) is 4.90 Å². The van der Waals surface area contributed by atoms with Crippen molar-refractivity contribution in [3.8, 4) is 11.1 Å². The van der Waals surface area contributed by atoms with Crippen LogP contribution in [-0.4, -0.2) is 10.6 Å². The molecular formula is C42H34N2. The van der Waals surface area contributed by atoms with E-state index in [-0.39, 0.29) is 0 Å². The fourth-order valence-electron chi connectivity index (χ4n) is 7.77. The van der Waals surface area contributed by atoms with Gasteiger partial charge in [-0.1, -0.05) is 103 Å². The molecule has 0 radical (unpaired) electrons. The van der Waals surface area contributed by atoms with Crippen LogP contribution >= 0.6 is 0 Å². The van der Waals surface area contributed by atoms with Crippen LogP contribution in [0.25, 0.3) is 44.2 Å². The van der Waals surface area contributed by atoms with Gasteiger partial charge in [-0.3, -0.25) is 0 Å². The van der Waals surface area contributed by atoms with Gasteiger partial charge < -0.3 is 9.47 Å². The van der Waals surface area contributed by atoms with Crippen molar-refractivity contribution in [2.45, 2.75) is 31.7 Å². The lowest BCUT2D eigenvalue weighted by molar-refractivity contribution is 0.660. The van der Waals surface area contributed by atoms with Crippen LogP contribution in [0.15, 0.2) is 157 Å². The van der Waals surface area contributed by atoms with Crippen LogP contribution < -0.4 is 4.90 Å². The maximum Gasteiger partial charge on any atom is 0.0626 e. The molecule has 2 heterocycles. The molecule has 0 saturated carbocycles. The number of para-hydroxylation sites is 2. The Balaban J connectivity index is 1.05. The lowest BCUT2D eigenvalue weighted by atomic mass is 9.83. The lowest BCUT2D eigenvalue weighted by Crippen LogP contribution is -2.32. The number of fused-ring (bicyclic) bond motifs is 5. The topological polar surface area (TPSA) is 8.17 Å². The molecule has 0 N–H and O–H groups in total. The summed E-state index contributed by atoms with van der Waals surface area (Å²) in [5.74, 6) is 0.406. The normalized spacial score (nSPS) is 20.7. The minimum absolute atomic E-state index is 0.335. The molecule has 1 aromatic heterocycles. The Labute approximate surface area is 258 Å². The quantitative estimate of drug-likeness (QED) is 0.210. The highest BCUT2D eigenvalue weighted by atomic mass is 15.2. The zero-order valence-corrected chi connectivity index (χ0v) is 24.7. The van der Waals surface area contributed by atoms with E-state index in [1.807, 2.05) is 0 Å². The number of hydrogen-bond donors (Lipinski definition) is 0. The molecule has 2 nitrogen and oxygen atoms in total. The number of aromatic nitrogens is 1. The van der Waals surface area contributed by atoms with Crippen molar-refractivity contribution >= 4 is 38.8 Å². The van der Waals surface area contributed by atoms with Crippen molar-refractivity contribution in [1.29, 1.82) is 0 Å². The van der Waals surface area contributed by atoms with Gasteiger partial charge in [-0.05, 0) is 96.0 Å². The largest absolute Gasteiger partial charge is 0.334 e. The number of anilines is 1. The van der Waals surface area contributed by atoms with Gasteiger partial charge in [-0.2, -0.15) is 0 Å². The predicted octanol–water partition coefficient (Wildman–Crippen LogP) is 10.7. The number of rotatable bonds is 4. The Morgan fingerprint density at radius 2 is 1.39 bits per heavy atom. The molecule has 2 unspecified atom stereocenters. The van der Waals surface area contributed by atoms with E-state index in [2.05, 4.69) is 155 Å². The number of hydrogen-bond acceptors (Lipinski definition) is 1. The summed E-state index contributed by atoms with van der Waals surface area (Å²) in [6, 6.07) is 36.2. The van der Waals surface area contributed by atoms with Crippen LogP contribution in [0.2, 0.25) is 0 Å². The van der Waals surface area contributed by atoms with Gasteiger partial charge in [0.05, 0.1) is 17.1 Å². The summed E-state index contributed by atoms with van der Waals surface area (Å²) in [5, 5.41) is 2.61. The average molecular weight is 567 g/mol. The lowest BCUT2D eigenvalue weighted by Gasteiger charge is -2.31. The van der Waals surface area contributed by atoms with Gasteiger partial charge in [0.15, 0.2) is 0 Å². The Morgan fingerprint density at radius 1 is 0.614 bits per heavy atom. The van der Waals surface area contributed by atoms with Crippen LogP contribution in [-0.2, 0) is 0 Å². The van der Waals surface area contributed by atoms with Crippen LogP contribution in [0.5, 0.6) is 0 Å². The molecule has 9 rings (SSSR count). The molecular weight excluding hydrogens is 532 g/mol. The molecule has 4 aliphatic rings. The molecule has 3 aliphatic carbocycles. The van der Waals surface area contributed by atoms with Gasteiger partial charge in [0.2, 0.25) is 0 Å². The Morgan fingerprint density at radius 3 is 2.25 bits per heavy atom. The van der Waals surface area contributed by atoms with Crippen LogP contribution in [0.3, 0.4) is 0 Å². The summed E-state index contributed by atoms with van der Waals surface area (Å²) < 4.78 is 2.42. The van der Waals surface area contributed by atoms with Crippen molar-refractivity contribution in [3.05, 3.63) is 163 Å². The first kappa shape index (κ1) is 25.4. The first-order valence-corrected chi connectivity index (χ1v) is 16.0. The molecule has 5 aromatic rings. The van der Waals surface area contributed by atoms with E-state index in [1.165, 1.54) is 61.2 Å². The maximum atomic E-state index is 2.54. The van der Waals surface area contributed by atoms with E-state index in [0.29, 0.717) is 12.0 Å². The standard InChI is InChI=1S/C42H34N2/c1-3-11-33(12-4-1)43-39-17-9-7-15-35(39)37-27-31(23-25-41(37)43)29-19-21-30(22-20-29)32-24-26-42-38(28-32)36-16-8-10-18-40(36)44(42)34-13-5-2-6-14-34/h1,3-5,8-14,16-28,37,41H,2,6-7,15H2. The Bertz CT molecular complexity index is 2110. The van der Waals surface area contributed by atoms with E-state index in [4.69, 9.17) is 0 Å². The second-order valence-corrected chi connectivity index (χ2v) is 12.3. The van der Waals surface area contributed by atoms with Gasteiger partial charge in [0.25, 0.3) is 0 Å². The third kappa shape index (κ3) is 4.02. The zero-order chi connectivity index (χ0) is 29.0. The molecule has 0 amide bonds. The highest BCUT2D eigenvalue weighted by Gasteiger charge is 2.39. The smallest absolute Gasteiger partial charge is 0.0626 e. The number of nitrogens with zero attached hydrogens (tertiary/aromatic N) is 2. The maximum absolute atomic E-state index is 2.54. The highest BCUT2D eigenvalue weighted by Crippen LogP contribution is 2.46. The number of benzene rings is 4. The third-order valence-electron chi connectivity index (χ3n) is 9.84. The highest BCUT2D eigenvalue weighted by molar-refractivity contribution is 6.11. The van der Waals surface area contributed by atoms with E-state index in [9.17, 15) is 0 Å². The van der Waals surface area contributed by atoms with Gasteiger partial charge in [0.1, 0.15) is 0 Å². The molecule has 212 valence electrons. The molecule has 0 saturated heterocycles. The molecule has 0 bridgehead atoms. The summed E-state index contributed by atoms with van der Waals surface area (Å²) in [4.78, 5) is 2.54. The van der Waals surface area contributed by atoms with Crippen LogP contribution in [0.4, 0.5) is 5.69 Å².